The molecule has 56 valence electrons. The van der Waals surface area contributed by atoms with Crippen molar-refractivity contribution in [1.82, 2.24) is 0 Å². The number of rotatable bonds is 2. The zero-order valence-corrected chi connectivity index (χ0v) is 6.39. The summed E-state index contributed by atoms with van der Waals surface area (Å²) in [7, 11) is 0. The van der Waals surface area contributed by atoms with E-state index in [1.807, 2.05) is 20.8 Å². The molecule has 0 aromatic rings. The first-order valence-electron chi connectivity index (χ1n) is 3.24. The highest BCUT2D eigenvalue weighted by atomic mass is 16.3. The number of aliphatic hydroxyl groups excluding tert-OH is 2. The average Bonchev–Trinajstić information content (AvgIpc) is 1.62. The highest BCUT2D eigenvalue weighted by Gasteiger charge is 2.15. The molecule has 2 heteroatoms. The molecule has 1 atom stereocenters. The SMILES string of the molecule is CC(C)(C)CC(O)CO. The number of hydrogen-bond donors (Lipinski definition) is 2. The van der Waals surface area contributed by atoms with Crippen LogP contribution in [0.4, 0.5) is 0 Å². The third kappa shape index (κ3) is 5.80. The zero-order valence-electron chi connectivity index (χ0n) is 6.39. The molecule has 0 radical (unpaired) electrons. The summed E-state index contributed by atoms with van der Waals surface area (Å²) in [5.41, 5.74) is 0.113. The zero-order chi connectivity index (χ0) is 7.49. The van der Waals surface area contributed by atoms with E-state index >= 15 is 0 Å². The van der Waals surface area contributed by atoms with Gasteiger partial charge in [0.2, 0.25) is 0 Å². The Bertz CT molecular complexity index is 73.5. The third-order valence-corrected chi connectivity index (χ3v) is 1.06. The summed E-state index contributed by atoms with van der Waals surface area (Å²) in [6, 6.07) is 0. The van der Waals surface area contributed by atoms with Crippen LogP contribution in [-0.4, -0.2) is 22.9 Å². The maximum atomic E-state index is 8.94. The van der Waals surface area contributed by atoms with E-state index in [-0.39, 0.29) is 12.0 Å². The summed E-state index contributed by atoms with van der Waals surface area (Å²) in [6.45, 7) is 5.97. The normalized spacial score (nSPS) is 15.7. The van der Waals surface area contributed by atoms with Crippen LogP contribution in [0.15, 0.2) is 0 Å². The Kier molecular flexibility index (Phi) is 3.15. The van der Waals surface area contributed by atoms with E-state index in [2.05, 4.69) is 0 Å². The van der Waals surface area contributed by atoms with Crippen molar-refractivity contribution in [3.05, 3.63) is 0 Å². The van der Waals surface area contributed by atoms with Crippen molar-refractivity contribution >= 4 is 0 Å². The molecule has 0 amide bonds. The Hall–Kier alpha value is -0.0800. The van der Waals surface area contributed by atoms with E-state index in [0.717, 1.165) is 0 Å². The molecule has 0 saturated carbocycles. The van der Waals surface area contributed by atoms with Gasteiger partial charge in [0.15, 0.2) is 0 Å². The molecule has 0 aliphatic rings. The van der Waals surface area contributed by atoms with Crippen LogP contribution in [-0.2, 0) is 0 Å². The minimum atomic E-state index is -0.551. The smallest absolute Gasteiger partial charge is 0.0775 e. The van der Waals surface area contributed by atoms with Crippen LogP contribution in [0.25, 0.3) is 0 Å². The van der Waals surface area contributed by atoms with Gasteiger partial charge in [0, 0.05) is 0 Å². The molecule has 0 bridgehead atoms. The van der Waals surface area contributed by atoms with Gasteiger partial charge in [-0.25, -0.2) is 0 Å². The van der Waals surface area contributed by atoms with Crippen molar-refractivity contribution in [1.29, 1.82) is 0 Å². The topological polar surface area (TPSA) is 40.5 Å². The van der Waals surface area contributed by atoms with E-state index in [1.165, 1.54) is 0 Å². The summed E-state index contributed by atoms with van der Waals surface area (Å²) in [5.74, 6) is 0. The molecule has 1 unspecified atom stereocenters. The fourth-order valence-corrected chi connectivity index (χ4v) is 0.771. The van der Waals surface area contributed by atoms with Gasteiger partial charge in [-0.05, 0) is 11.8 Å². The lowest BCUT2D eigenvalue weighted by Crippen LogP contribution is -2.20. The van der Waals surface area contributed by atoms with Gasteiger partial charge in [-0.15, -0.1) is 0 Å². The molecule has 0 fully saturated rings. The number of hydrogen-bond acceptors (Lipinski definition) is 2. The van der Waals surface area contributed by atoms with Gasteiger partial charge in [0.25, 0.3) is 0 Å². The molecular weight excluding hydrogens is 116 g/mol. The largest absolute Gasteiger partial charge is 0.394 e. The van der Waals surface area contributed by atoms with Crippen LogP contribution in [0.3, 0.4) is 0 Å². The monoisotopic (exact) mass is 132 g/mol. The molecule has 2 N–H and O–H groups in total. The van der Waals surface area contributed by atoms with Gasteiger partial charge >= 0.3 is 0 Å². The number of aliphatic hydroxyl groups is 2. The van der Waals surface area contributed by atoms with Crippen LogP contribution >= 0.6 is 0 Å². The molecule has 0 spiro atoms. The molecule has 9 heavy (non-hydrogen) atoms. The van der Waals surface area contributed by atoms with Crippen molar-refractivity contribution in [2.24, 2.45) is 5.41 Å². The first-order valence-corrected chi connectivity index (χ1v) is 3.24. The van der Waals surface area contributed by atoms with Crippen LogP contribution in [0.5, 0.6) is 0 Å². The van der Waals surface area contributed by atoms with Crippen LogP contribution < -0.4 is 0 Å². The summed E-state index contributed by atoms with van der Waals surface area (Å²) in [5, 5.41) is 17.4. The van der Waals surface area contributed by atoms with Crippen molar-refractivity contribution in [2.75, 3.05) is 6.61 Å². The third-order valence-electron chi connectivity index (χ3n) is 1.06. The molecule has 0 aliphatic heterocycles. The van der Waals surface area contributed by atoms with Gasteiger partial charge in [-0.2, -0.15) is 0 Å². The summed E-state index contributed by atoms with van der Waals surface area (Å²) in [4.78, 5) is 0. The Balaban J connectivity index is 3.47. The second kappa shape index (κ2) is 3.18. The molecule has 0 heterocycles. The molecular formula is C7H16O2. The maximum Gasteiger partial charge on any atom is 0.0775 e. The van der Waals surface area contributed by atoms with Crippen molar-refractivity contribution in [3.63, 3.8) is 0 Å². The second-order valence-electron chi connectivity index (χ2n) is 3.60. The fourth-order valence-electron chi connectivity index (χ4n) is 0.771. The molecule has 0 saturated heterocycles. The average molecular weight is 132 g/mol. The first-order chi connectivity index (χ1) is 3.95. The van der Waals surface area contributed by atoms with Gasteiger partial charge in [0.05, 0.1) is 12.7 Å². The highest BCUT2D eigenvalue weighted by molar-refractivity contribution is 4.66. The Morgan fingerprint density at radius 3 is 1.89 bits per heavy atom. The van der Waals surface area contributed by atoms with Crippen molar-refractivity contribution in [2.45, 2.75) is 33.3 Å². The highest BCUT2D eigenvalue weighted by Crippen LogP contribution is 2.20. The predicted molar refractivity (Wildman–Crippen MR) is 37.2 cm³/mol. The Morgan fingerprint density at radius 2 is 1.78 bits per heavy atom. The lowest BCUT2D eigenvalue weighted by Gasteiger charge is -2.20. The minimum Gasteiger partial charge on any atom is -0.394 e. The van der Waals surface area contributed by atoms with Crippen LogP contribution in [0, 0.1) is 5.41 Å². The summed E-state index contributed by atoms with van der Waals surface area (Å²) >= 11 is 0. The predicted octanol–water partition coefficient (Wildman–Crippen LogP) is 0.776. The lowest BCUT2D eigenvalue weighted by atomic mass is 9.89. The first kappa shape index (κ1) is 8.92. The molecule has 0 aromatic heterocycles. The molecule has 0 rings (SSSR count). The summed E-state index contributed by atoms with van der Waals surface area (Å²) < 4.78 is 0. The molecule has 2 nitrogen and oxygen atoms in total. The van der Waals surface area contributed by atoms with Gasteiger partial charge < -0.3 is 10.2 Å². The van der Waals surface area contributed by atoms with E-state index in [1.54, 1.807) is 0 Å². The van der Waals surface area contributed by atoms with Crippen molar-refractivity contribution in [3.8, 4) is 0 Å². The van der Waals surface area contributed by atoms with E-state index in [9.17, 15) is 0 Å². The Morgan fingerprint density at radius 1 is 1.33 bits per heavy atom. The van der Waals surface area contributed by atoms with E-state index in [0.29, 0.717) is 6.42 Å². The van der Waals surface area contributed by atoms with E-state index in [4.69, 9.17) is 10.2 Å². The summed E-state index contributed by atoms with van der Waals surface area (Å²) in [6.07, 6.45) is 0.105. The minimum absolute atomic E-state index is 0.113. The molecule has 0 aliphatic carbocycles. The van der Waals surface area contributed by atoms with Gasteiger partial charge in [-0.1, -0.05) is 20.8 Å². The lowest BCUT2D eigenvalue weighted by molar-refractivity contribution is 0.0612. The van der Waals surface area contributed by atoms with E-state index < -0.39 is 6.10 Å². The quantitative estimate of drug-likeness (QED) is 0.582. The van der Waals surface area contributed by atoms with Gasteiger partial charge in [0.1, 0.15) is 0 Å². The second-order valence-corrected chi connectivity index (χ2v) is 3.60. The van der Waals surface area contributed by atoms with Crippen LogP contribution in [0.1, 0.15) is 27.2 Å². The Labute approximate surface area is 56.5 Å². The molecule has 0 aromatic carbocycles. The van der Waals surface area contributed by atoms with Crippen LogP contribution in [0.2, 0.25) is 0 Å². The fraction of sp³-hybridized carbons (Fsp3) is 1.00. The maximum absolute atomic E-state index is 8.94. The standard InChI is InChI=1S/C7H16O2/c1-7(2,3)4-6(9)5-8/h6,8-9H,4-5H2,1-3H3. The van der Waals surface area contributed by atoms with Gasteiger partial charge in [-0.3, -0.25) is 0 Å². The van der Waals surface area contributed by atoms with Crippen molar-refractivity contribution < 1.29 is 10.2 Å².